The lowest BCUT2D eigenvalue weighted by molar-refractivity contribution is -0.385. The van der Waals surface area contributed by atoms with Gasteiger partial charge in [-0.05, 0) is 41.0 Å². The Morgan fingerprint density at radius 3 is 1.32 bits per heavy atom. The van der Waals surface area contributed by atoms with Gasteiger partial charge in [0.2, 0.25) is 0 Å². The molecular formula is C28H57AlO5. The van der Waals surface area contributed by atoms with E-state index in [0.717, 1.165) is 19.3 Å². The first-order chi connectivity index (χ1) is 15.7. The number of carbonyl (C=O) groups excluding carboxylic acids is 2. The summed E-state index contributed by atoms with van der Waals surface area (Å²) in [5.74, 6) is -2.23. The molecule has 0 heterocycles. The minimum Gasteiger partial charge on any atom is -0.407 e. The Morgan fingerprint density at radius 2 is 1.00 bits per heavy atom. The number of esters is 1. The molecule has 0 rings (SSSR count). The van der Waals surface area contributed by atoms with Crippen molar-refractivity contribution in [2.24, 2.45) is 0 Å². The molecular weight excluding hydrogens is 443 g/mol. The molecule has 0 spiro atoms. The first kappa shape index (κ1) is 35.8. The Bertz CT molecular complexity index is 483. The minimum atomic E-state index is -1.41. The average Bonchev–Trinajstić information content (AvgIpc) is 2.69. The zero-order valence-electron chi connectivity index (χ0n) is 22.7. The highest BCUT2D eigenvalue weighted by Crippen LogP contribution is 2.28. The van der Waals surface area contributed by atoms with Crippen LogP contribution < -0.4 is 0 Å². The van der Waals surface area contributed by atoms with Crippen molar-refractivity contribution >= 4 is 29.1 Å². The Kier molecular flexibility index (Phi) is 24.2. The van der Waals surface area contributed by atoms with Crippen LogP contribution in [0.1, 0.15) is 151 Å². The quantitative estimate of drug-likeness (QED) is 0.0493. The Balaban J connectivity index is 0. The van der Waals surface area contributed by atoms with Crippen molar-refractivity contribution in [2.75, 3.05) is 0 Å². The molecule has 5 nitrogen and oxygen atoms in total. The summed E-state index contributed by atoms with van der Waals surface area (Å²) in [6.07, 6.45) is 19.3. The van der Waals surface area contributed by atoms with Crippen LogP contribution in [0.15, 0.2) is 0 Å². The normalized spacial score (nSPS) is 11.6. The van der Waals surface area contributed by atoms with Gasteiger partial charge in [0.05, 0.1) is 12.2 Å². The average molecular weight is 501 g/mol. The summed E-state index contributed by atoms with van der Waals surface area (Å²) < 4.78 is 17.5. The molecule has 0 aromatic heterocycles. The molecule has 0 aromatic rings. The van der Waals surface area contributed by atoms with Gasteiger partial charge in [-0.15, -0.1) is 0 Å². The molecule has 0 fully saturated rings. The molecule has 34 heavy (non-hydrogen) atoms. The molecule has 0 N–H and O–H groups in total. The fourth-order valence-corrected chi connectivity index (χ4v) is 4.09. The Morgan fingerprint density at radius 1 is 0.647 bits per heavy atom. The van der Waals surface area contributed by atoms with Crippen molar-refractivity contribution in [2.45, 2.75) is 169 Å². The molecule has 0 unspecified atom stereocenters. The van der Waals surface area contributed by atoms with Gasteiger partial charge in [-0.2, -0.15) is 0 Å². The van der Waals surface area contributed by atoms with Gasteiger partial charge in [0.25, 0.3) is 0 Å². The lowest BCUT2D eigenvalue weighted by Gasteiger charge is -2.35. The van der Waals surface area contributed by atoms with Gasteiger partial charge in [-0.25, -0.2) is 0 Å². The molecule has 6 heteroatoms. The van der Waals surface area contributed by atoms with Crippen LogP contribution in [0.3, 0.4) is 0 Å². The second-order valence-corrected chi connectivity index (χ2v) is 10.1. The van der Waals surface area contributed by atoms with E-state index in [4.69, 9.17) is 14.2 Å². The van der Waals surface area contributed by atoms with Crippen LogP contribution in [-0.2, 0) is 23.8 Å². The standard InChI is InChI=1S/C28H54O5.Al.3H/c1-7-8-9-10-11-12-13-14-15-16-17-18-19-20-21-22-28(31-24(2)3,32-25(4)5)33-27(30)23-26(6)29;;;;/h24-25H,7-23H2,1-6H3;;;;. The van der Waals surface area contributed by atoms with Crippen LogP contribution in [0.5, 0.6) is 0 Å². The third-order valence-corrected chi connectivity index (χ3v) is 5.58. The lowest BCUT2D eigenvalue weighted by atomic mass is 10.0. The summed E-state index contributed by atoms with van der Waals surface area (Å²) >= 11 is 0. The van der Waals surface area contributed by atoms with E-state index in [0.29, 0.717) is 6.42 Å². The van der Waals surface area contributed by atoms with E-state index < -0.39 is 11.9 Å². The van der Waals surface area contributed by atoms with Crippen LogP contribution in [-0.4, -0.2) is 47.3 Å². The van der Waals surface area contributed by atoms with Crippen LogP contribution >= 0.6 is 0 Å². The second-order valence-electron chi connectivity index (χ2n) is 10.1. The van der Waals surface area contributed by atoms with Crippen molar-refractivity contribution in [1.82, 2.24) is 0 Å². The van der Waals surface area contributed by atoms with Crippen molar-refractivity contribution < 1.29 is 23.8 Å². The zero-order chi connectivity index (χ0) is 25.0. The number of hydrogen-bond donors (Lipinski definition) is 0. The Hall–Kier alpha value is -0.408. The lowest BCUT2D eigenvalue weighted by Crippen LogP contribution is -2.45. The molecule has 0 aliphatic carbocycles. The summed E-state index contributed by atoms with van der Waals surface area (Å²) in [4.78, 5) is 23.5. The molecule has 0 bridgehead atoms. The van der Waals surface area contributed by atoms with Crippen molar-refractivity contribution in [3.8, 4) is 0 Å². The molecule has 0 saturated carbocycles. The molecule has 0 radical (unpaired) electrons. The first-order valence-corrected chi connectivity index (χ1v) is 13.8. The largest absolute Gasteiger partial charge is 0.407 e. The van der Waals surface area contributed by atoms with Gasteiger partial charge < -0.3 is 14.2 Å². The molecule has 0 amide bonds. The van der Waals surface area contributed by atoms with E-state index in [9.17, 15) is 9.59 Å². The number of ketones is 1. The number of unbranched alkanes of at least 4 members (excludes halogenated alkanes) is 14. The van der Waals surface area contributed by atoms with Crippen LogP contribution in [0.2, 0.25) is 0 Å². The van der Waals surface area contributed by atoms with Crippen molar-refractivity contribution in [3.63, 3.8) is 0 Å². The molecule has 0 atom stereocenters. The van der Waals surface area contributed by atoms with Crippen LogP contribution in [0.25, 0.3) is 0 Å². The number of Topliss-reactive ketones (excluding diaryl/α,β-unsaturated/α-hetero) is 1. The third-order valence-electron chi connectivity index (χ3n) is 5.58. The number of hydrogen-bond acceptors (Lipinski definition) is 5. The van der Waals surface area contributed by atoms with Gasteiger partial charge in [0.1, 0.15) is 12.2 Å². The molecule has 0 saturated heterocycles. The van der Waals surface area contributed by atoms with Gasteiger partial charge in [0.15, 0.2) is 17.4 Å². The first-order valence-electron chi connectivity index (χ1n) is 13.8. The molecule has 0 aliphatic rings. The van der Waals surface area contributed by atoms with Crippen molar-refractivity contribution in [1.29, 1.82) is 0 Å². The van der Waals surface area contributed by atoms with Gasteiger partial charge in [-0.1, -0.05) is 96.8 Å². The number of ether oxygens (including phenoxy) is 3. The summed E-state index contributed by atoms with van der Waals surface area (Å²) in [5.41, 5.74) is 0. The summed E-state index contributed by atoms with van der Waals surface area (Å²) in [6.45, 7) is 11.2. The van der Waals surface area contributed by atoms with E-state index in [-0.39, 0.29) is 41.8 Å². The minimum absolute atomic E-state index is 0. The number of rotatable bonds is 23. The highest BCUT2D eigenvalue weighted by molar-refractivity contribution is 5.94. The maximum atomic E-state index is 12.2. The van der Waals surface area contributed by atoms with Crippen molar-refractivity contribution in [3.05, 3.63) is 0 Å². The zero-order valence-corrected chi connectivity index (χ0v) is 22.7. The van der Waals surface area contributed by atoms with Gasteiger partial charge in [-0.3, -0.25) is 9.59 Å². The van der Waals surface area contributed by atoms with Gasteiger partial charge in [0, 0.05) is 6.42 Å². The van der Waals surface area contributed by atoms with Crippen LogP contribution in [0, 0.1) is 0 Å². The summed E-state index contributed by atoms with van der Waals surface area (Å²) in [5, 5.41) is 0. The van der Waals surface area contributed by atoms with E-state index in [1.165, 1.54) is 84.0 Å². The van der Waals surface area contributed by atoms with E-state index in [1.807, 2.05) is 27.7 Å². The molecule has 202 valence electrons. The highest BCUT2D eigenvalue weighted by Gasteiger charge is 2.39. The number of carbonyl (C=O) groups is 2. The monoisotopic (exact) mass is 500 g/mol. The maximum Gasteiger partial charge on any atom is 0.329 e. The smallest absolute Gasteiger partial charge is 0.329 e. The highest BCUT2D eigenvalue weighted by atomic mass is 27.0. The molecule has 0 aliphatic heterocycles. The van der Waals surface area contributed by atoms with Crippen LogP contribution in [0.4, 0.5) is 0 Å². The summed E-state index contributed by atoms with van der Waals surface area (Å²) in [7, 11) is 0. The second kappa shape index (κ2) is 23.0. The predicted octanol–water partition coefficient (Wildman–Crippen LogP) is 7.09. The maximum absolute atomic E-state index is 12.2. The third kappa shape index (κ3) is 22.1. The topological polar surface area (TPSA) is 61.8 Å². The SMILES string of the molecule is CCCCCCCCCCCCCCCCCC(OC(=O)CC(C)=O)(OC(C)C)OC(C)C.[AlH3]. The molecule has 0 aromatic carbocycles. The van der Waals surface area contributed by atoms with E-state index in [1.54, 1.807) is 0 Å². The Labute approximate surface area is 221 Å². The fourth-order valence-electron chi connectivity index (χ4n) is 4.09. The summed E-state index contributed by atoms with van der Waals surface area (Å²) in [6, 6.07) is 0. The van der Waals surface area contributed by atoms with Gasteiger partial charge >= 0.3 is 11.9 Å². The van der Waals surface area contributed by atoms with E-state index in [2.05, 4.69) is 6.92 Å². The van der Waals surface area contributed by atoms with E-state index >= 15 is 0 Å². The fraction of sp³-hybridized carbons (Fsp3) is 0.929. The predicted molar refractivity (Wildman–Crippen MR) is 146 cm³/mol.